The van der Waals surface area contributed by atoms with Crippen molar-refractivity contribution in [3.8, 4) is 0 Å². The molecular formula is C19H27N3O. The molecule has 0 saturated heterocycles. The van der Waals surface area contributed by atoms with E-state index in [0.29, 0.717) is 18.0 Å². The van der Waals surface area contributed by atoms with Gasteiger partial charge < -0.3 is 11.5 Å². The summed E-state index contributed by atoms with van der Waals surface area (Å²) in [5.74, 6) is 0.598. The van der Waals surface area contributed by atoms with E-state index in [4.69, 9.17) is 11.5 Å². The Morgan fingerprint density at radius 1 is 1.17 bits per heavy atom. The number of hydrogen-bond acceptors (Lipinski definition) is 4. The summed E-state index contributed by atoms with van der Waals surface area (Å²) in [4.78, 5) is 16.7. The number of pyridine rings is 1. The van der Waals surface area contributed by atoms with Gasteiger partial charge in [0.2, 0.25) is 0 Å². The standard InChI is InChI=1S/C19H27N3O/c1-14(6-4-5-11-20)9-10-18(23)19(21)17-12-15-7-2-3-8-16(15)13-22-17/h2-3,7-8,12-14,19H,4-6,9-11,20-21H2,1H3. The second kappa shape index (κ2) is 8.75. The van der Waals surface area contributed by atoms with Gasteiger partial charge in [0.1, 0.15) is 6.04 Å². The molecule has 1 aromatic heterocycles. The quantitative estimate of drug-likeness (QED) is 0.696. The maximum atomic E-state index is 12.3. The van der Waals surface area contributed by atoms with Crippen LogP contribution in [0.25, 0.3) is 10.8 Å². The Balaban J connectivity index is 1.90. The Labute approximate surface area is 138 Å². The van der Waals surface area contributed by atoms with Crippen LogP contribution in [-0.2, 0) is 4.79 Å². The summed E-state index contributed by atoms with van der Waals surface area (Å²) >= 11 is 0. The van der Waals surface area contributed by atoms with Crippen molar-refractivity contribution in [2.45, 2.75) is 45.1 Å². The summed E-state index contributed by atoms with van der Waals surface area (Å²) in [6, 6.07) is 9.25. The SMILES string of the molecule is CC(CCCCN)CCC(=O)C(N)c1cc2ccccc2cn1. The second-order valence-corrected chi connectivity index (χ2v) is 6.33. The molecule has 0 fully saturated rings. The molecular weight excluding hydrogens is 286 g/mol. The lowest BCUT2D eigenvalue weighted by Gasteiger charge is -2.14. The van der Waals surface area contributed by atoms with Crippen molar-refractivity contribution in [3.05, 3.63) is 42.2 Å². The van der Waals surface area contributed by atoms with Gasteiger partial charge in [-0.3, -0.25) is 9.78 Å². The Morgan fingerprint density at radius 3 is 2.65 bits per heavy atom. The van der Waals surface area contributed by atoms with Gasteiger partial charge in [-0.25, -0.2) is 0 Å². The first-order chi connectivity index (χ1) is 11.1. The van der Waals surface area contributed by atoms with Crippen LogP contribution in [0.5, 0.6) is 0 Å². The number of nitrogens with zero attached hydrogens (tertiary/aromatic N) is 1. The van der Waals surface area contributed by atoms with Crippen LogP contribution in [0.1, 0.15) is 50.8 Å². The van der Waals surface area contributed by atoms with Crippen LogP contribution in [0, 0.1) is 5.92 Å². The summed E-state index contributed by atoms with van der Waals surface area (Å²) in [5, 5.41) is 2.13. The van der Waals surface area contributed by atoms with Crippen LogP contribution in [0.15, 0.2) is 36.5 Å². The Bertz CT molecular complexity index is 641. The molecule has 0 spiro atoms. The number of unbranched alkanes of at least 4 members (excludes halogenated alkanes) is 1. The topological polar surface area (TPSA) is 82.0 Å². The summed E-state index contributed by atoms with van der Waals surface area (Å²) in [5.41, 5.74) is 12.3. The molecule has 4 N–H and O–H groups in total. The smallest absolute Gasteiger partial charge is 0.155 e. The molecule has 0 radical (unpaired) electrons. The van der Waals surface area contributed by atoms with E-state index >= 15 is 0 Å². The van der Waals surface area contributed by atoms with Crippen molar-refractivity contribution < 1.29 is 4.79 Å². The minimum atomic E-state index is -0.629. The molecule has 1 heterocycles. The number of fused-ring (bicyclic) bond motifs is 1. The summed E-state index contributed by atoms with van der Waals surface area (Å²) in [6.45, 7) is 2.92. The number of benzene rings is 1. The third kappa shape index (κ3) is 5.12. The molecule has 2 atom stereocenters. The highest BCUT2D eigenvalue weighted by atomic mass is 16.1. The van der Waals surface area contributed by atoms with Gasteiger partial charge in [-0.15, -0.1) is 0 Å². The van der Waals surface area contributed by atoms with Gasteiger partial charge in [-0.2, -0.15) is 0 Å². The lowest BCUT2D eigenvalue weighted by molar-refractivity contribution is -0.120. The highest BCUT2D eigenvalue weighted by Gasteiger charge is 2.18. The van der Waals surface area contributed by atoms with Gasteiger partial charge >= 0.3 is 0 Å². The molecule has 2 rings (SSSR count). The maximum Gasteiger partial charge on any atom is 0.155 e. The molecule has 0 aliphatic heterocycles. The molecule has 4 heteroatoms. The van der Waals surface area contributed by atoms with E-state index in [2.05, 4.69) is 11.9 Å². The van der Waals surface area contributed by atoms with E-state index < -0.39 is 6.04 Å². The molecule has 124 valence electrons. The Hall–Kier alpha value is -1.78. The van der Waals surface area contributed by atoms with E-state index in [1.807, 2.05) is 30.3 Å². The number of hydrogen-bond donors (Lipinski definition) is 2. The van der Waals surface area contributed by atoms with Crippen LogP contribution < -0.4 is 11.5 Å². The summed E-state index contributed by atoms with van der Waals surface area (Å²) in [6.07, 6.45) is 6.48. The van der Waals surface area contributed by atoms with Crippen molar-refractivity contribution in [2.24, 2.45) is 17.4 Å². The van der Waals surface area contributed by atoms with E-state index in [-0.39, 0.29) is 5.78 Å². The highest BCUT2D eigenvalue weighted by molar-refractivity contribution is 5.87. The molecule has 23 heavy (non-hydrogen) atoms. The average Bonchev–Trinajstić information content (AvgIpc) is 2.58. The van der Waals surface area contributed by atoms with E-state index in [9.17, 15) is 4.79 Å². The first kappa shape index (κ1) is 17.6. The predicted octanol–water partition coefficient (Wildman–Crippen LogP) is 3.35. The fraction of sp³-hybridized carbons (Fsp3) is 0.474. The number of carbonyl (C=O) groups excluding carboxylic acids is 1. The van der Waals surface area contributed by atoms with E-state index in [0.717, 1.165) is 43.0 Å². The molecule has 2 aromatic rings. The number of ketones is 1. The molecule has 0 amide bonds. The minimum Gasteiger partial charge on any atom is -0.330 e. The van der Waals surface area contributed by atoms with Crippen LogP contribution in [0.2, 0.25) is 0 Å². The Kier molecular flexibility index (Phi) is 6.68. The first-order valence-corrected chi connectivity index (χ1v) is 8.45. The summed E-state index contributed by atoms with van der Waals surface area (Å²) < 4.78 is 0. The van der Waals surface area contributed by atoms with Gasteiger partial charge in [-0.05, 0) is 36.8 Å². The van der Waals surface area contributed by atoms with Crippen molar-refractivity contribution >= 4 is 16.6 Å². The average molecular weight is 313 g/mol. The molecule has 2 unspecified atom stereocenters. The molecule has 0 aliphatic carbocycles. The van der Waals surface area contributed by atoms with Crippen LogP contribution >= 0.6 is 0 Å². The van der Waals surface area contributed by atoms with Crippen molar-refractivity contribution in [3.63, 3.8) is 0 Å². The molecule has 0 aliphatic rings. The Morgan fingerprint density at radius 2 is 1.91 bits per heavy atom. The zero-order chi connectivity index (χ0) is 16.7. The fourth-order valence-corrected chi connectivity index (χ4v) is 2.76. The van der Waals surface area contributed by atoms with E-state index in [1.54, 1.807) is 6.20 Å². The van der Waals surface area contributed by atoms with Crippen LogP contribution in [0.4, 0.5) is 0 Å². The van der Waals surface area contributed by atoms with Gasteiger partial charge in [-0.1, -0.05) is 44.0 Å². The van der Waals surface area contributed by atoms with Gasteiger partial charge in [0.05, 0.1) is 5.69 Å². The minimum absolute atomic E-state index is 0.0680. The lowest BCUT2D eigenvalue weighted by atomic mass is 9.95. The zero-order valence-corrected chi connectivity index (χ0v) is 13.9. The van der Waals surface area contributed by atoms with Gasteiger partial charge in [0.15, 0.2) is 5.78 Å². The highest BCUT2D eigenvalue weighted by Crippen LogP contribution is 2.20. The van der Waals surface area contributed by atoms with Crippen molar-refractivity contribution in [2.75, 3.05) is 6.54 Å². The molecule has 0 bridgehead atoms. The maximum absolute atomic E-state index is 12.3. The number of Topliss-reactive ketones (excluding diaryl/α,β-unsaturated/α-hetero) is 1. The third-order valence-corrected chi connectivity index (χ3v) is 4.35. The zero-order valence-electron chi connectivity index (χ0n) is 13.9. The fourth-order valence-electron chi connectivity index (χ4n) is 2.76. The van der Waals surface area contributed by atoms with Crippen LogP contribution in [-0.4, -0.2) is 17.3 Å². The van der Waals surface area contributed by atoms with Gasteiger partial charge in [0, 0.05) is 18.0 Å². The molecule has 1 aromatic carbocycles. The predicted molar refractivity (Wildman–Crippen MR) is 95.0 cm³/mol. The van der Waals surface area contributed by atoms with Crippen LogP contribution in [0.3, 0.4) is 0 Å². The first-order valence-electron chi connectivity index (χ1n) is 8.45. The normalized spacial score (nSPS) is 13.9. The van der Waals surface area contributed by atoms with Crippen molar-refractivity contribution in [1.29, 1.82) is 0 Å². The lowest BCUT2D eigenvalue weighted by Crippen LogP contribution is -2.22. The van der Waals surface area contributed by atoms with Crippen molar-refractivity contribution in [1.82, 2.24) is 4.98 Å². The summed E-state index contributed by atoms with van der Waals surface area (Å²) in [7, 11) is 0. The molecule has 0 saturated carbocycles. The number of rotatable bonds is 9. The monoisotopic (exact) mass is 313 g/mol. The third-order valence-electron chi connectivity index (χ3n) is 4.35. The van der Waals surface area contributed by atoms with E-state index in [1.165, 1.54) is 0 Å². The molecule has 4 nitrogen and oxygen atoms in total. The van der Waals surface area contributed by atoms with Gasteiger partial charge in [0.25, 0.3) is 0 Å². The largest absolute Gasteiger partial charge is 0.330 e. The second-order valence-electron chi connectivity index (χ2n) is 6.33. The number of carbonyl (C=O) groups is 1. The number of nitrogens with two attached hydrogens (primary N) is 2. The number of aromatic nitrogens is 1.